The molecule has 1 unspecified atom stereocenters. The van der Waals surface area contributed by atoms with Gasteiger partial charge in [0.15, 0.2) is 0 Å². The summed E-state index contributed by atoms with van der Waals surface area (Å²) in [4.78, 5) is 11.1. The quantitative estimate of drug-likeness (QED) is 0.775. The molecule has 3 heteroatoms. The zero-order valence-electron chi connectivity index (χ0n) is 8.40. The van der Waals surface area contributed by atoms with E-state index in [-0.39, 0.29) is 4.45 Å². The highest BCUT2D eigenvalue weighted by Crippen LogP contribution is 2.23. The Morgan fingerprint density at radius 1 is 1.36 bits per heavy atom. The zero-order valence-corrected chi connectivity index (χ0v) is 10.0. The maximum atomic E-state index is 11.1. The van der Waals surface area contributed by atoms with Gasteiger partial charge in [0.1, 0.15) is 0 Å². The second-order valence-corrected chi connectivity index (χ2v) is 5.11. The Morgan fingerprint density at radius 2 is 2.00 bits per heavy atom. The summed E-state index contributed by atoms with van der Waals surface area (Å²) in [7, 11) is 0. The normalized spacial score (nSPS) is 12.4. The number of hydrogen-bond donors (Lipinski definition) is 0. The molecule has 1 nitrogen and oxygen atoms in total. The standard InChI is InChI=1S/C11H14OS2/c1-9(8-14-11(12)13-2)10-6-4-3-5-7-10/h3-7,9H,8H2,1-2H3. The lowest BCUT2D eigenvalue weighted by atomic mass is 10.0. The smallest absolute Gasteiger partial charge is 0.245 e. The summed E-state index contributed by atoms with van der Waals surface area (Å²) in [6, 6.07) is 10.3. The molecule has 1 aromatic rings. The molecule has 0 amide bonds. The Morgan fingerprint density at radius 3 is 2.57 bits per heavy atom. The Balaban J connectivity index is 2.43. The first kappa shape index (κ1) is 11.7. The second-order valence-electron chi connectivity index (χ2n) is 3.08. The van der Waals surface area contributed by atoms with E-state index in [9.17, 15) is 4.79 Å². The molecule has 0 aromatic heterocycles. The van der Waals surface area contributed by atoms with Gasteiger partial charge in [-0.05, 0) is 17.7 Å². The van der Waals surface area contributed by atoms with Crippen LogP contribution in [0.15, 0.2) is 30.3 Å². The fourth-order valence-electron chi connectivity index (χ4n) is 1.13. The summed E-state index contributed by atoms with van der Waals surface area (Å²) in [5.74, 6) is 1.31. The molecule has 0 radical (unpaired) electrons. The van der Waals surface area contributed by atoms with E-state index in [4.69, 9.17) is 0 Å². The molecule has 0 N–H and O–H groups in total. The van der Waals surface area contributed by atoms with Crippen molar-refractivity contribution in [1.82, 2.24) is 0 Å². The summed E-state index contributed by atoms with van der Waals surface area (Å²) >= 11 is 2.69. The van der Waals surface area contributed by atoms with Crippen molar-refractivity contribution in [1.29, 1.82) is 0 Å². The van der Waals surface area contributed by atoms with E-state index in [1.165, 1.54) is 29.1 Å². The van der Waals surface area contributed by atoms with Crippen molar-refractivity contribution in [3.63, 3.8) is 0 Å². The van der Waals surface area contributed by atoms with Crippen molar-refractivity contribution in [3.8, 4) is 0 Å². The van der Waals surface area contributed by atoms with Gasteiger partial charge in [-0.2, -0.15) is 0 Å². The van der Waals surface area contributed by atoms with E-state index < -0.39 is 0 Å². The molecule has 1 atom stereocenters. The maximum absolute atomic E-state index is 11.1. The van der Waals surface area contributed by atoms with Crippen LogP contribution in [0.1, 0.15) is 18.4 Å². The zero-order chi connectivity index (χ0) is 10.4. The summed E-state index contributed by atoms with van der Waals surface area (Å²) in [6.07, 6.45) is 1.82. The predicted octanol–water partition coefficient (Wildman–Crippen LogP) is 4.01. The summed E-state index contributed by atoms with van der Waals surface area (Å²) in [5.41, 5.74) is 1.30. The highest BCUT2D eigenvalue weighted by Gasteiger charge is 2.07. The third kappa shape index (κ3) is 3.76. The Hall–Kier alpha value is -0.410. The van der Waals surface area contributed by atoms with Crippen molar-refractivity contribution in [3.05, 3.63) is 35.9 Å². The molecule has 0 heterocycles. The molecule has 0 saturated carbocycles. The van der Waals surface area contributed by atoms with Gasteiger partial charge >= 0.3 is 0 Å². The highest BCUT2D eigenvalue weighted by molar-refractivity contribution is 8.38. The van der Waals surface area contributed by atoms with E-state index in [1.807, 2.05) is 24.5 Å². The number of hydrogen-bond acceptors (Lipinski definition) is 3. The number of carbonyl (C=O) groups is 1. The fraction of sp³-hybridized carbons (Fsp3) is 0.364. The van der Waals surface area contributed by atoms with Crippen molar-refractivity contribution in [2.24, 2.45) is 0 Å². The van der Waals surface area contributed by atoms with Gasteiger partial charge in [-0.1, -0.05) is 60.8 Å². The number of benzene rings is 1. The van der Waals surface area contributed by atoms with Crippen molar-refractivity contribution < 1.29 is 4.79 Å². The molecule has 1 aromatic carbocycles. The van der Waals surface area contributed by atoms with E-state index >= 15 is 0 Å². The van der Waals surface area contributed by atoms with Gasteiger partial charge < -0.3 is 0 Å². The Labute approximate surface area is 93.7 Å². The number of carbonyl (C=O) groups excluding carboxylic acids is 1. The molecule has 0 bridgehead atoms. The second kappa shape index (κ2) is 6.14. The van der Waals surface area contributed by atoms with Gasteiger partial charge in [-0.15, -0.1) is 0 Å². The van der Waals surface area contributed by atoms with Crippen LogP contribution in [0.5, 0.6) is 0 Å². The fourth-order valence-corrected chi connectivity index (χ4v) is 2.38. The van der Waals surface area contributed by atoms with E-state index in [0.29, 0.717) is 5.92 Å². The molecule has 0 saturated heterocycles. The van der Waals surface area contributed by atoms with Gasteiger partial charge in [0.25, 0.3) is 0 Å². The summed E-state index contributed by atoms with van der Waals surface area (Å²) in [6.45, 7) is 2.15. The van der Waals surface area contributed by atoms with Crippen molar-refractivity contribution in [2.45, 2.75) is 12.8 Å². The minimum atomic E-state index is 0.202. The van der Waals surface area contributed by atoms with Crippen LogP contribution in [0.25, 0.3) is 0 Å². The Bertz CT molecular complexity index is 285. The number of rotatable bonds is 3. The van der Waals surface area contributed by atoms with Crippen LogP contribution in [-0.2, 0) is 0 Å². The first-order valence-electron chi connectivity index (χ1n) is 4.49. The number of thioether (sulfide) groups is 2. The minimum absolute atomic E-state index is 0.202. The van der Waals surface area contributed by atoms with Gasteiger partial charge in [0.2, 0.25) is 4.45 Å². The predicted molar refractivity (Wildman–Crippen MR) is 66.2 cm³/mol. The third-order valence-corrected chi connectivity index (χ3v) is 4.08. The monoisotopic (exact) mass is 226 g/mol. The van der Waals surface area contributed by atoms with Crippen molar-refractivity contribution >= 4 is 28.0 Å². The molecule has 0 aliphatic carbocycles. The Kier molecular flexibility index (Phi) is 5.12. The van der Waals surface area contributed by atoms with Crippen LogP contribution >= 0.6 is 23.5 Å². The molecular formula is C11H14OS2. The van der Waals surface area contributed by atoms with E-state index in [0.717, 1.165) is 5.75 Å². The lowest BCUT2D eigenvalue weighted by Crippen LogP contribution is -1.97. The molecule has 1 rings (SSSR count). The molecule has 0 aliphatic rings. The molecule has 0 fully saturated rings. The maximum Gasteiger partial charge on any atom is 0.245 e. The van der Waals surface area contributed by atoms with Gasteiger partial charge in [-0.25, -0.2) is 0 Å². The molecule has 0 spiro atoms. The van der Waals surface area contributed by atoms with Crippen LogP contribution in [0.2, 0.25) is 0 Å². The molecule has 0 aliphatic heterocycles. The molecule has 14 heavy (non-hydrogen) atoms. The van der Waals surface area contributed by atoms with E-state index in [1.54, 1.807) is 0 Å². The average Bonchev–Trinajstić information content (AvgIpc) is 2.26. The minimum Gasteiger partial charge on any atom is -0.274 e. The first-order chi connectivity index (χ1) is 6.74. The lowest BCUT2D eigenvalue weighted by molar-refractivity contribution is 0.276. The van der Waals surface area contributed by atoms with Gasteiger partial charge in [-0.3, -0.25) is 4.79 Å². The lowest BCUT2D eigenvalue weighted by Gasteiger charge is -2.09. The molecular weight excluding hydrogens is 212 g/mol. The van der Waals surface area contributed by atoms with E-state index in [2.05, 4.69) is 19.1 Å². The van der Waals surface area contributed by atoms with Crippen molar-refractivity contribution in [2.75, 3.05) is 12.0 Å². The average molecular weight is 226 g/mol. The SMILES string of the molecule is CSC(=O)SCC(C)c1ccccc1. The van der Waals surface area contributed by atoms with Crippen LogP contribution in [-0.4, -0.2) is 16.5 Å². The van der Waals surface area contributed by atoms with Crippen LogP contribution < -0.4 is 0 Å². The van der Waals surface area contributed by atoms with Gasteiger partial charge in [0.05, 0.1) is 0 Å². The van der Waals surface area contributed by atoms with Crippen LogP contribution in [0, 0.1) is 0 Å². The largest absolute Gasteiger partial charge is 0.274 e. The summed E-state index contributed by atoms with van der Waals surface area (Å²) in [5, 5.41) is 0. The van der Waals surface area contributed by atoms with Crippen LogP contribution in [0.3, 0.4) is 0 Å². The highest BCUT2D eigenvalue weighted by atomic mass is 32.2. The topological polar surface area (TPSA) is 17.1 Å². The third-order valence-electron chi connectivity index (χ3n) is 1.99. The summed E-state index contributed by atoms with van der Waals surface area (Å²) < 4.78 is 0.202. The van der Waals surface area contributed by atoms with Gasteiger partial charge in [0, 0.05) is 5.75 Å². The van der Waals surface area contributed by atoms with Crippen LogP contribution in [0.4, 0.5) is 4.79 Å². The first-order valence-corrected chi connectivity index (χ1v) is 6.70. The molecule has 76 valence electrons.